The predicted molar refractivity (Wildman–Crippen MR) is 84.0 cm³/mol. The molecule has 0 saturated heterocycles. The lowest BCUT2D eigenvalue weighted by Gasteiger charge is -2.20. The van der Waals surface area contributed by atoms with Crippen LogP contribution in [0.5, 0.6) is 0 Å². The van der Waals surface area contributed by atoms with Crippen LogP contribution < -0.4 is 5.32 Å². The number of nitrogens with one attached hydrogen (secondary N) is 1. The Bertz CT molecular complexity index is 529. The molecule has 0 radical (unpaired) electrons. The van der Waals surface area contributed by atoms with Gasteiger partial charge in [-0.15, -0.1) is 0 Å². The van der Waals surface area contributed by atoms with Crippen molar-refractivity contribution >= 4 is 27.8 Å². The number of carbonyl (C=O) groups is 2. The maximum absolute atomic E-state index is 12.2. The molecule has 4 atom stereocenters. The van der Waals surface area contributed by atoms with Gasteiger partial charge in [0.25, 0.3) is 0 Å². The number of aliphatic carboxylic acids is 1. The van der Waals surface area contributed by atoms with Crippen molar-refractivity contribution in [3.63, 3.8) is 0 Å². The molecular weight excluding hydrogens is 334 g/mol. The first kappa shape index (κ1) is 16.0. The zero-order valence-electron chi connectivity index (χ0n) is 12.2. The summed E-state index contributed by atoms with van der Waals surface area (Å²) >= 11 is 3.39. The van der Waals surface area contributed by atoms with E-state index in [0.29, 0.717) is 0 Å². The minimum absolute atomic E-state index is 0.0728. The average Bonchev–Trinajstić information content (AvgIpc) is 3.24. The molecule has 1 fully saturated rings. The highest BCUT2D eigenvalue weighted by atomic mass is 79.9. The van der Waals surface area contributed by atoms with Gasteiger partial charge in [0.2, 0.25) is 5.91 Å². The van der Waals surface area contributed by atoms with Crippen molar-refractivity contribution in [2.24, 2.45) is 11.8 Å². The first-order valence-electron chi connectivity index (χ1n) is 7.22. The molecule has 4 nitrogen and oxygen atoms in total. The lowest BCUT2D eigenvalue weighted by atomic mass is 9.99. The number of hydrogen-bond donors (Lipinski definition) is 2. The zero-order valence-corrected chi connectivity index (χ0v) is 13.8. The highest BCUT2D eigenvalue weighted by Gasteiger charge is 2.45. The molecule has 0 aromatic heterocycles. The summed E-state index contributed by atoms with van der Waals surface area (Å²) in [6, 6.07) is 7.13. The van der Waals surface area contributed by atoms with Crippen LogP contribution in [0.1, 0.15) is 38.2 Å². The summed E-state index contributed by atoms with van der Waals surface area (Å²) in [5, 5.41) is 11.9. The molecule has 114 valence electrons. The highest BCUT2D eigenvalue weighted by molar-refractivity contribution is 9.10. The largest absolute Gasteiger partial charge is 0.480 e. The van der Waals surface area contributed by atoms with E-state index in [-0.39, 0.29) is 23.7 Å². The fourth-order valence-corrected chi connectivity index (χ4v) is 2.77. The van der Waals surface area contributed by atoms with Gasteiger partial charge in [0, 0.05) is 10.4 Å². The van der Waals surface area contributed by atoms with Gasteiger partial charge in [-0.2, -0.15) is 0 Å². The summed E-state index contributed by atoms with van der Waals surface area (Å²) < 4.78 is 1.01. The van der Waals surface area contributed by atoms with Crippen molar-refractivity contribution < 1.29 is 14.7 Å². The van der Waals surface area contributed by atoms with E-state index in [1.807, 2.05) is 38.1 Å². The Morgan fingerprint density at radius 1 is 1.38 bits per heavy atom. The topological polar surface area (TPSA) is 66.4 Å². The molecule has 1 aromatic carbocycles. The van der Waals surface area contributed by atoms with Crippen molar-refractivity contribution in [3.8, 4) is 0 Å². The summed E-state index contributed by atoms with van der Waals surface area (Å²) in [5.74, 6) is -1.06. The van der Waals surface area contributed by atoms with Crippen molar-refractivity contribution in [3.05, 3.63) is 34.3 Å². The van der Waals surface area contributed by atoms with Crippen LogP contribution in [0.4, 0.5) is 0 Å². The zero-order chi connectivity index (χ0) is 15.6. The van der Waals surface area contributed by atoms with E-state index in [9.17, 15) is 14.7 Å². The summed E-state index contributed by atoms with van der Waals surface area (Å²) in [4.78, 5) is 23.5. The summed E-state index contributed by atoms with van der Waals surface area (Å²) in [7, 11) is 0. The summed E-state index contributed by atoms with van der Waals surface area (Å²) in [5.41, 5.74) is 1.13. The fourth-order valence-electron chi connectivity index (χ4n) is 2.51. The van der Waals surface area contributed by atoms with Gasteiger partial charge < -0.3 is 10.4 Å². The molecule has 2 rings (SSSR count). The summed E-state index contributed by atoms with van der Waals surface area (Å²) in [6.07, 6.45) is 1.51. The summed E-state index contributed by atoms with van der Waals surface area (Å²) in [6.45, 7) is 3.77. The van der Waals surface area contributed by atoms with Gasteiger partial charge in [0.1, 0.15) is 6.04 Å². The van der Waals surface area contributed by atoms with Crippen LogP contribution in [0.15, 0.2) is 28.7 Å². The monoisotopic (exact) mass is 353 g/mol. The number of rotatable bonds is 6. The number of halogens is 1. The van der Waals surface area contributed by atoms with Crippen LogP contribution in [0.25, 0.3) is 0 Å². The van der Waals surface area contributed by atoms with Crippen molar-refractivity contribution in [2.75, 3.05) is 0 Å². The van der Waals surface area contributed by atoms with Gasteiger partial charge in [0.15, 0.2) is 0 Å². The third-order valence-electron chi connectivity index (χ3n) is 4.20. The molecule has 0 aliphatic heterocycles. The lowest BCUT2D eigenvalue weighted by molar-refractivity contribution is -0.143. The second-order valence-electron chi connectivity index (χ2n) is 5.71. The Kier molecular flexibility index (Phi) is 5.04. The van der Waals surface area contributed by atoms with Gasteiger partial charge >= 0.3 is 5.97 Å². The van der Waals surface area contributed by atoms with Gasteiger partial charge in [-0.25, -0.2) is 4.79 Å². The van der Waals surface area contributed by atoms with Crippen molar-refractivity contribution in [1.29, 1.82) is 0 Å². The second kappa shape index (κ2) is 6.60. The van der Waals surface area contributed by atoms with E-state index >= 15 is 0 Å². The molecule has 1 aromatic rings. The number of benzene rings is 1. The van der Waals surface area contributed by atoms with E-state index in [1.54, 1.807) is 0 Å². The van der Waals surface area contributed by atoms with Crippen LogP contribution in [0.2, 0.25) is 0 Å². The molecule has 1 saturated carbocycles. The van der Waals surface area contributed by atoms with E-state index in [1.165, 1.54) is 0 Å². The number of carboxylic acid groups (broad SMARTS) is 1. The lowest BCUT2D eigenvalue weighted by Crippen LogP contribution is -2.45. The van der Waals surface area contributed by atoms with Crippen molar-refractivity contribution in [1.82, 2.24) is 5.32 Å². The normalized spacial score (nSPS) is 23.2. The number of amides is 1. The minimum Gasteiger partial charge on any atom is -0.480 e. The number of carboxylic acids is 1. The van der Waals surface area contributed by atoms with E-state index < -0.39 is 12.0 Å². The number of hydrogen-bond acceptors (Lipinski definition) is 2. The molecular formula is C16H20BrNO3. The quantitative estimate of drug-likeness (QED) is 0.825. The van der Waals surface area contributed by atoms with Crippen LogP contribution >= 0.6 is 15.9 Å². The van der Waals surface area contributed by atoms with Crippen LogP contribution in [-0.4, -0.2) is 23.0 Å². The molecule has 21 heavy (non-hydrogen) atoms. The van der Waals surface area contributed by atoms with Gasteiger partial charge in [-0.1, -0.05) is 48.3 Å². The second-order valence-corrected chi connectivity index (χ2v) is 6.63. The van der Waals surface area contributed by atoms with Gasteiger partial charge in [-0.3, -0.25) is 4.79 Å². The molecule has 1 aliphatic rings. The fraction of sp³-hybridized carbons (Fsp3) is 0.500. The van der Waals surface area contributed by atoms with Crippen molar-refractivity contribution in [2.45, 2.75) is 38.6 Å². The smallest absolute Gasteiger partial charge is 0.326 e. The third kappa shape index (κ3) is 3.84. The van der Waals surface area contributed by atoms with Crippen LogP contribution in [-0.2, 0) is 9.59 Å². The van der Waals surface area contributed by atoms with E-state index in [4.69, 9.17) is 0 Å². The molecule has 0 bridgehead atoms. The highest BCUT2D eigenvalue weighted by Crippen LogP contribution is 2.47. The molecule has 2 N–H and O–H groups in total. The maximum atomic E-state index is 12.2. The predicted octanol–water partition coefficient (Wildman–Crippen LogP) is 3.17. The standard InChI is InChI=1S/C16H20BrNO3/c1-3-9(2)14(16(20)21)18-15(19)13-8-12(13)10-4-6-11(17)7-5-10/h4-7,9,12-14H,3,8H2,1-2H3,(H,18,19)(H,20,21). The third-order valence-corrected chi connectivity index (χ3v) is 4.73. The Hall–Kier alpha value is -1.36. The van der Waals surface area contributed by atoms with Crippen LogP contribution in [0, 0.1) is 11.8 Å². The van der Waals surface area contributed by atoms with E-state index in [2.05, 4.69) is 21.2 Å². The van der Waals surface area contributed by atoms with Gasteiger partial charge in [0.05, 0.1) is 0 Å². The SMILES string of the molecule is CCC(C)C(NC(=O)C1CC1c1ccc(Br)cc1)C(=O)O. The Balaban J connectivity index is 1.96. The van der Waals surface area contributed by atoms with Crippen LogP contribution in [0.3, 0.4) is 0 Å². The maximum Gasteiger partial charge on any atom is 0.326 e. The average molecular weight is 354 g/mol. The first-order valence-corrected chi connectivity index (χ1v) is 8.02. The first-order chi connectivity index (χ1) is 9.93. The van der Waals surface area contributed by atoms with Gasteiger partial charge in [-0.05, 0) is 36.0 Å². The Labute approximate surface area is 133 Å². The Morgan fingerprint density at radius 2 is 2.00 bits per heavy atom. The molecule has 0 spiro atoms. The molecule has 0 heterocycles. The van der Waals surface area contributed by atoms with E-state index in [0.717, 1.165) is 22.9 Å². The minimum atomic E-state index is -0.960. The molecule has 1 amide bonds. The molecule has 5 heteroatoms. The molecule has 1 aliphatic carbocycles. The molecule has 4 unspecified atom stereocenters. The Morgan fingerprint density at radius 3 is 2.52 bits per heavy atom. The number of carbonyl (C=O) groups excluding carboxylic acids is 1.